The molecule has 0 aliphatic carbocycles. The Hall–Kier alpha value is -0.790. The fraction of sp³-hybridized carbons (Fsp3) is 0.750. The fourth-order valence-electron chi connectivity index (χ4n) is 1.57. The van der Waals surface area contributed by atoms with Crippen molar-refractivity contribution in [1.29, 1.82) is 0 Å². The first kappa shape index (κ1) is 13.2. The van der Waals surface area contributed by atoms with Gasteiger partial charge >= 0.3 is 5.97 Å². The lowest BCUT2D eigenvalue weighted by atomic mass is 9.84. The predicted molar refractivity (Wildman–Crippen MR) is 59.0 cm³/mol. The molecule has 2 heteroatoms. The summed E-state index contributed by atoms with van der Waals surface area (Å²) in [6, 6.07) is 0. The van der Waals surface area contributed by atoms with Crippen LogP contribution in [0.2, 0.25) is 0 Å². The minimum absolute atomic E-state index is 0.326. The number of carbonyl (C=O) groups excluding carboxylic acids is 1. The molecule has 0 radical (unpaired) electrons. The smallest absolute Gasteiger partial charge is 0.330 e. The topological polar surface area (TPSA) is 26.3 Å². The van der Waals surface area contributed by atoms with Gasteiger partial charge in [-0.2, -0.15) is 0 Å². The highest BCUT2D eigenvalue weighted by atomic mass is 16.5. The van der Waals surface area contributed by atoms with Gasteiger partial charge in [0.15, 0.2) is 0 Å². The molecule has 0 rings (SSSR count). The van der Waals surface area contributed by atoms with Crippen LogP contribution in [-0.2, 0) is 9.53 Å². The summed E-state index contributed by atoms with van der Waals surface area (Å²) in [4.78, 5) is 10.7. The van der Waals surface area contributed by atoms with Crippen molar-refractivity contribution in [2.75, 3.05) is 6.61 Å². The number of hydrogen-bond acceptors (Lipinski definition) is 2. The molecule has 0 N–H and O–H groups in total. The second kappa shape index (κ2) is 5.84. The van der Waals surface area contributed by atoms with Crippen molar-refractivity contribution in [1.82, 2.24) is 0 Å². The molecule has 2 nitrogen and oxygen atoms in total. The van der Waals surface area contributed by atoms with Crippen molar-refractivity contribution >= 4 is 5.97 Å². The lowest BCUT2D eigenvalue weighted by Gasteiger charge is -2.22. The Kier molecular flexibility index (Phi) is 5.51. The molecule has 0 unspecified atom stereocenters. The summed E-state index contributed by atoms with van der Waals surface area (Å²) in [6.07, 6.45) is 3.28. The van der Waals surface area contributed by atoms with Gasteiger partial charge in [-0.1, -0.05) is 34.3 Å². The van der Waals surface area contributed by atoms with Crippen LogP contribution in [0.15, 0.2) is 12.7 Å². The summed E-state index contributed by atoms with van der Waals surface area (Å²) in [5.74, 6) is 0.264. The van der Waals surface area contributed by atoms with E-state index in [9.17, 15) is 4.79 Å². The Balaban J connectivity index is 3.59. The van der Waals surface area contributed by atoms with Gasteiger partial charge in [0.25, 0.3) is 0 Å². The standard InChI is InChI=1S/C12H22O2/c1-6-11(13)14-8-7-10(2)9-12(3,4)5/h6,10H,1,7-9H2,2-5H3/t10-/m0/s1. The Morgan fingerprint density at radius 2 is 2.07 bits per heavy atom. The van der Waals surface area contributed by atoms with Crippen molar-refractivity contribution < 1.29 is 9.53 Å². The minimum atomic E-state index is -0.326. The lowest BCUT2D eigenvalue weighted by molar-refractivity contribution is -0.138. The summed E-state index contributed by atoms with van der Waals surface area (Å²) in [5, 5.41) is 0. The van der Waals surface area contributed by atoms with Crippen molar-refractivity contribution in [3.63, 3.8) is 0 Å². The van der Waals surface area contributed by atoms with E-state index in [1.54, 1.807) is 0 Å². The van der Waals surface area contributed by atoms with Crippen LogP contribution >= 0.6 is 0 Å². The van der Waals surface area contributed by atoms with E-state index in [2.05, 4.69) is 34.3 Å². The van der Waals surface area contributed by atoms with E-state index in [0.29, 0.717) is 17.9 Å². The van der Waals surface area contributed by atoms with E-state index >= 15 is 0 Å². The summed E-state index contributed by atoms with van der Waals surface area (Å²) in [5.41, 5.74) is 0.349. The van der Waals surface area contributed by atoms with Gasteiger partial charge in [-0.15, -0.1) is 0 Å². The second-order valence-corrected chi connectivity index (χ2v) is 5.03. The van der Waals surface area contributed by atoms with Gasteiger partial charge in [0.05, 0.1) is 6.61 Å². The Morgan fingerprint density at radius 3 is 2.50 bits per heavy atom. The molecule has 0 saturated carbocycles. The highest BCUT2D eigenvalue weighted by Crippen LogP contribution is 2.25. The van der Waals surface area contributed by atoms with Crippen LogP contribution in [0.25, 0.3) is 0 Å². The first-order valence-corrected chi connectivity index (χ1v) is 5.14. The quantitative estimate of drug-likeness (QED) is 0.501. The third-order valence-corrected chi connectivity index (χ3v) is 1.98. The van der Waals surface area contributed by atoms with Gasteiger partial charge in [-0.25, -0.2) is 4.79 Å². The number of rotatable bonds is 5. The SMILES string of the molecule is C=CC(=O)OCC[C@H](C)CC(C)(C)C. The van der Waals surface area contributed by atoms with Crippen LogP contribution in [-0.4, -0.2) is 12.6 Å². The Morgan fingerprint density at radius 1 is 1.50 bits per heavy atom. The zero-order chi connectivity index (χ0) is 11.2. The van der Waals surface area contributed by atoms with Crippen LogP contribution in [0.5, 0.6) is 0 Å². The molecule has 0 aromatic carbocycles. The van der Waals surface area contributed by atoms with Crippen LogP contribution in [0, 0.1) is 11.3 Å². The number of hydrogen-bond donors (Lipinski definition) is 0. The van der Waals surface area contributed by atoms with E-state index in [1.807, 2.05) is 0 Å². The lowest BCUT2D eigenvalue weighted by Crippen LogP contribution is -2.13. The first-order valence-electron chi connectivity index (χ1n) is 5.14. The van der Waals surface area contributed by atoms with Crippen LogP contribution in [0.4, 0.5) is 0 Å². The molecule has 0 aliphatic rings. The number of ether oxygens (including phenoxy) is 1. The van der Waals surface area contributed by atoms with Crippen LogP contribution in [0.1, 0.15) is 40.5 Å². The van der Waals surface area contributed by atoms with Crippen molar-refractivity contribution in [2.24, 2.45) is 11.3 Å². The maximum absolute atomic E-state index is 10.7. The molecule has 0 aromatic heterocycles. The maximum atomic E-state index is 10.7. The van der Waals surface area contributed by atoms with E-state index in [4.69, 9.17) is 4.74 Å². The molecule has 0 aromatic rings. The largest absolute Gasteiger partial charge is 0.463 e. The van der Waals surface area contributed by atoms with Gasteiger partial charge in [0.1, 0.15) is 0 Å². The van der Waals surface area contributed by atoms with Gasteiger partial charge in [0, 0.05) is 6.08 Å². The molecule has 0 saturated heterocycles. The molecule has 1 atom stereocenters. The van der Waals surface area contributed by atoms with Crippen molar-refractivity contribution in [3.05, 3.63) is 12.7 Å². The monoisotopic (exact) mass is 198 g/mol. The fourth-order valence-corrected chi connectivity index (χ4v) is 1.57. The maximum Gasteiger partial charge on any atom is 0.330 e. The molecule has 0 amide bonds. The van der Waals surface area contributed by atoms with Crippen LogP contribution in [0.3, 0.4) is 0 Å². The summed E-state index contributed by atoms with van der Waals surface area (Å²) in [6.45, 7) is 12.7. The predicted octanol–water partition coefficient (Wildman–Crippen LogP) is 3.18. The van der Waals surface area contributed by atoms with Gasteiger partial charge in [-0.3, -0.25) is 0 Å². The Bertz CT molecular complexity index is 189. The molecular formula is C12H22O2. The van der Waals surface area contributed by atoms with E-state index < -0.39 is 0 Å². The highest BCUT2D eigenvalue weighted by molar-refractivity contribution is 5.81. The zero-order valence-corrected chi connectivity index (χ0v) is 9.80. The van der Waals surface area contributed by atoms with Gasteiger partial charge in [0.2, 0.25) is 0 Å². The summed E-state index contributed by atoms with van der Waals surface area (Å²) >= 11 is 0. The Labute approximate surface area is 87.3 Å². The molecular weight excluding hydrogens is 176 g/mol. The minimum Gasteiger partial charge on any atom is -0.463 e. The molecule has 0 bridgehead atoms. The van der Waals surface area contributed by atoms with Gasteiger partial charge in [-0.05, 0) is 24.2 Å². The van der Waals surface area contributed by atoms with Crippen LogP contribution < -0.4 is 0 Å². The van der Waals surface area contributed by atoms with E-state index in [-0.39, 0.29) is 5.97 Å². The summed E-state index contributed by atoms with van der Waals surface area (Å²) in [7, 11) is 0. The average Bonchev–Trinajstić information content (AvgIpc) is 2.00. The molecule has 82 valence electrons. The highest BCUT2D eigenvalue weighted by Gasteiger charge is 2.15. The number of esters is 1. The van der Waals surface area contributed by atoms with Gasteiger partial charge < -0.3 is 4.74 Å². The molecule has 0 fully saturated rings. The first-order chi connectivity index (χ1) is 6.35. The molecule has 14 heavy (non-hydrogen) atoms. The number of carbonyl (C=O) groups is 1. The molecule has 0 aliphatic heterocycles. The van der Waals surface area contributed by atoms with Crippen molar-refractivity contribution in [3.8, 4) is 0 Å². The summed E-state index contributed by atoms with van der Waals surface area (Å²) < 4.78 is 4.92. The zero-order valence-electron chi connectivity index (χ0n) is 9.80. The normalized spacial score (nSPS) is 13.4. The third kappa shape index (κ3) is 7.84. The molecule has 0 spiro atoms. The van der Waals surface area contributed by atoms with E-state index in [0.717, 1.165) is 12.8 Å². The van der Waals surface area contributed by atoms with E-state index in [1.165, 1.54) is 6.08 Å². The third-order valence-electron chi connectivity index (χ3n) is 1.98. The second-order valence-electron chi connectivity index (χ2n) is 5.03. The van der Waals surface area contributed by atoms with Crippen molar-refractivity contribution in [2.45, 2.75) is 40.5 Å². The molecule has 0 heterocycles. The average molecular weight is 198 g/mol.